The fourth-order valence-electron chi connectivity index (χ4n) is 1.41. The summed E-state index contributed by atoms with van der Waals surface area (Å²) in [5.41, 5.74) is 0.416. The van der Waals surface area contributed by atoms with Crippen LogP contribution in [0, 0.1) is 5.41 Å². The van der Waals surface area contributed by atoms with E-state index in [2.05, 4.69) is 39.5 Å². The Bertz CT molecular complexity index is 155. The Morgan fingerprint density at radius 2 is 2.00 bits per heavy atom. The molecule has 0 aliphatic rings. The van der Waals surface area contributed by atoms with Gasteiger partial charge in [0, 0.05) is 0 Å². The molecule has 0 heteroatoms. The van der Waals surface area contributed by atoms with Crippen molar-refractivity contribution in [1.82, 2.24) is 0 Å². The Labute approximate surface area is 83.7 Å². The quantitative estimate of drug-likeness (QED) is 0.497. The molecule has 0 fully saturated rings. The van der Waals surface area contributed by atoms with Gasteiger partial charge in [-0.25, -0.2) is 0 Å². The van der Waals surface area contributed by atoms with E-state index < -0.39 is 0 Å². The molecule has 0 radical (unpaired) electrons. The van der Waals surface area contributed by atoms with Gasteiger partial charge in [-0.3, -0.25) is 0 Å². The lowest BCUT2D eigenvalue weighted by molar-refractivity contribution is 0.363. The van der Waals surface area contributed by atoms with Crippen LogP contribution in [0.4, 0.5) is 0 Å². The fourth-order valence-corrected chi connectivity index (χ4v) is 1.41. The second-order valence-electron chi connectivity index (χ2n) is 4.04. The van der Waals surface area contributed by atoms with E-state index in [0.717, 1.165) is 6.42 Å². The Morgan fingerprint density at radius 3 is 2.46 bits per heavy atom. The summed E-state index contributed by atoms with van der Waals surface area (Å²) in [7, 11) is 0. The van der Waals surface area contributed by atoms with Crippen molar-refractivity contribution in [2.45, 2.75) is 52.9 Å². The lowest BCUT2D eigenvalue weighted by Crippen LogP contribution is -2.11. The smallest absolute Gasteiger partial charge is 0.0149 e. The van der Waals surface area contributed by atoms with Gasteiger partial charge in [-0.05, 0) is 24.7 Å². The first-order valence-electron chi connectivity index (χ1n) is 5.47. The van der Waals surface area contributed by atoms with Crippen LogP contribution < -0.4 is 0 Å². The van der Waals surface area contributed by atoms with E-state index in [1.165, 1.54) is 25.7 Å². The summed E-state index contributed by atoms with van der Waals surface area (Å²) in [6.07, 6.45) is 12.7. The standard InChI is InChI=1S/C13H24/c1-5-8-10-12-13(4,7-3)11-9-6-2/h5,10,12H,1,6-9,11H2,2-4H3. The maximum absolute atomic E-state index is 3.72. The van der Waals surface area contributed by atoms with Crippen LogP contribution in [0.25, 0.3) is 0 Å². The van der Waals surface area contributed by atoms with E-state index in [9.17, 15) is 0 Å². The molecule has 0 aromatic heterocycles. The minimum absolute atomic E-state index is 0.416. The van der Waals surface area contributed by atoms with E-state index in [0.29, 0.717) is 5.41 Å². The van der Waals surface area contributed by atoms with Gasteiger partial charge in [-0.1, -0.05) is 51.8 Å². The highest BCUT2D eigenvalue weighted by atomic mass is 14.2. The Hall–Kier alpha value is -0.520. The highest BCUT2D eigenvalue weighted by Gasteiger charge is 2.16. The van der Waals surface area contributed by atoms with Crippen molar-refractivity contribution in [3.05, 3.63) is 24.8 Å². The van der Waals surface area contributed by atoms with Crippen LogP contribution in [0.2, 0.25) is 0 Å². The molecule has 76 valence electrons. The minimum atomic E-state index is 0.416. The zero-order valence-corrected chi connectivity index (χ0v) is 9.47. The molecule has 0 aromatic rings. The van der Waals surface area contributed by atoms with Crippen LogP contribution in [-0.4, -0.2) is 0 Å². The van der Waals surface area contributed by atoms with Gasteiger partial charge in [0.15, 0.2) is 0 Å². The lowest BCUT2D eigenvalue weighted by atomic mass is 9.82. The number of allylic oxidation sites excluding steroid dienone is 3. The van der Waals surface area contributed by atoms with Gasteiger partial charge in [0.1, 0.15) is 0 Å². The first-order valence-corrected chi connectivity index (χ1v) is 5.47. The molecule has 0 bridgehead atoms. The second-order valence-corrected chi connectivity index (χ2v) is 4.04. The summed E-state index contributed by atoms with van der Waals surface area (Å²) in [4.78, 5) is 0. The molecule has 0 aliphatic heterocycles. The molecule has 0 N–H and O–H groups in total. The zero-order chi connectivity index (χ0) is 10.2. The van der Waals surface area contributed by atoms with Crippen LogP contribution in [0.1, 0.15) is 52.9 Å². The number of hydrogen-bond acceptors (Lipinski definition) is 0. The van der Waals surface area contributed by atoms with Gasteiger partial charge >= 0.3 is 0 Å². The maximum atomic E-state index is 3.72. The number of hydrogen-bond donors (Lipinski definition) is 0. The van der Waals surface area contributed by atoms with E-state index in [1.807, 2.05) is 6.08 Å². The molecule has 1 unspecified atom stereocenters. The monoisotopic (exact) mass is 180 g/mol. The first-order chi connectivity index (χ1) is 6.18. The fraction of sp³-hybridized carbons (Fsp3) is 0.692. The van der Waals surface area contributed by atoms with Crippen molar-refractivity contribution < 1.29 is 0 Å². The van der Waals surface area contributed by atoms with Gasteiger partial charge in [0.05, 0.1) is 0 Å². The van der Waals surface area contributed by atoms with E-state index in [4.69, 9.17) is 0 Å². The molecule has 0 rings (SSSR count). The summed E-state index contributed by atoms with van der Waals surface area (Å²) in [6.45, 7) is 10.6. The van der Waals surface area contributed by atoms with E-state index >= 15 is 0 Å². The topological polar surface area (TPSA) is 0 Å². The third kappa shape index (κ3) is 5.68. The van der Waals surface area contributed by atoms with Crippen molar-refractivity contribution >= 4 is 0 Å². The lowest BCUT2D eigenvalue weighted by Gasteiger charge is -2.23. The predicted molar refractivity (Wildman–Crippen MR) is 61.9 cm³/mol. The SMILES string of the molecule is C=CCC=CC(C)(CC)CCCC. The zero-order valence-electron chi connectivity index (χ0n) is 9.47. The summed E-state index contributed by atoms with van der Waals surface area (Å²) in [6, 6.07) is 0. The Morgan fingerprint density at radius 1 is 1.31 bits per heavy atom. The normalized spacial score (nSPS) is 15.9. The van der Waals surface area contributed by atoms with Crippen LogP contribution in [0.15, 0.2) is 24.8 Å². The Kier molecular flexibility index (Phi) is 6.66. The minimum Gasteiger partial charge on any atom is -0.103 e. The molecule has 0 aromatic carbocycles. The molecule has 13 heavy (non-hydrogen) atoms. The molecule has 0 aliphatic carbocycles. The highest BCUT2D eigenvalue weighted by molar-refractivity contribution is 4.98. The number of rotatable bonds is 7. The molecule has 0 saturated carbocycles. The average molecular weight is 180 g/mol. The molecular formula is C13H24. The van der Waals surface area contributed by atoms with Crippen molar-refractivity contribution in [3.63, 3.8) is 0 Å². The summed E-state index contributed by atoms with van der Waals surface area (Å²) < 4.78 is 0. The van der Waals surface area contributed by atoms with E-state index in [-0.39, 0.29) is 0 Å². The van der Waals surface area contributed by atoms with Gasteiger partial charge in [0.25, 0.3) is 0 Å². The van der Waals surface area contributed by atoms with Gasteiger partial charge in [0.2, 0.25) is 0 Å². The summed E-state index contributed by atoms with van der Waals surface area (Å²) in [5, 5.41) is 0. The van der Waals surface area contributed by atoms with Crippen molar-refractivity contribution in [3.8, 4) is 0 Å². The van der Waals surface area contributed by atoms with Crippen molar-refractivity contribution in [1.29, 1.82) is 0 Å². The summed E-state index contributed by atoms with van der Waals surface area (Å²) >= 11 is 0. The molecule has 0 heterocycles. The molecular weight excluding hydrogens is 156 g/mol. The predicted octanol–water partition coefficient (Wildman–Crippen LogP) is 4.73. The Balaban J connectivity index is 4.01. The first kappa shape index (κ1) is 12.5. The van der Waals surface area contributed by atoms with Crippen LogP contribution >= 0.6 is 0 Å². The number of unbranched alkanes of at least 4 members (excludes halogenated alkanes) is 1. The second kappa shape index (κ2) is 6.94. The molecule has 0 nitrogen and oxygen atoms in total. The van der Waals surface area contributed by atoms with Gasteiger partial charge in [-0.15, -0.1) is 6.58 Å². The molecule has 1 atom stereocenters. The average Bonchev–Trinajstić information content (AvgIpc) is 2.15. The van der Waals surface area contributed by atoms with E-state index in [1.54, 1.807) is 0 Å². The third-order valence-electron chi connectivity index (χ3n) is 2.73. The van der Waals surface area contributed by atoms with Crippen molar-refractivity contribution in [2.24, 2.45) is 5.41 Å². The van der Waals surface area contributed by atoms with Crippen LogP contribution in [0.3, 0.4) is 0 Å². The third-order valence-corrected chi connectivity index (χ3v) is 2.73. The van der Waals surface area contributed by atoms with Crippen LogP contribution in [-0.2, 0) is 0 Å². The maximum Gasteiger partial charge on any atom is -0.0149 e. The molecule has 0 spiro atoms. The highest BCUT2D eigenvalue weighted by Crippen LogP contribution is 2.29. The van der Waals surface area contributed by atoms with Gasteiger partial charge < -0.3 is 0 Å². The molecule has 0 saturated heterocycles. The largest absolute Gasteiger partial charge is 0.103 e. The molecule has 0 amide bonds. The van der Waals surface area contributed by atoms with Crippen molar-refractivity contribution in [2.75, 3.05) is 0 Å². The van der Waals surface area contributed by atoms with Gasteiger partial charge in [-0.2, -0.15) is 0 Å². The summed E-state index contributed by atoms with van der Waals surface area (Å²) in [5.74, 6) is 0. The van der Waals surface area contributed by atoms with Crippen LogP contribution in [0.5, 0.6) is 0 Å².